The van der Waals surface area contributed by atoms with Crippen molar-refractivity contribution in [3.05, 3.63) is 53.1 Å². The Labute approximate surface area is 135 Å². The molecule has 1 aliphatic carbocycles. The van der Waals surface area contributed by atoms with Gasteiger partial charge in [0.05, 0.1) is 32.2 Å². The summed E-state index contributed by atoms with van der Waals surface area (Å²) < 4.78 is 10.8. The minimum atomic E-state index is -0.198. The molecule has 0 saturated heterocycles. The van der Waals surface area contributed by atoms with Crippen LogP contribution in [0.4, 0.5) is 5.69 Å². The van der Waals surface area contributed by atoms with Crippen LogP contribution in [0.5, 0.6) is 11.5 Å². The monoisotopic (exact) mass is 306 g/mol. The van der Waals surface area contributed by atoms with Gasteiger partial charge in [-0.05, 0) is 41.3 Å². The van der Waals surface area contributed by atoms with E-state index in [1.165, 1.54) is 11.1 Å². The molecule has 3 atom stereocenters. The highest BCUT2D eigenvalue weighted by Gasteiger charge is 2.43. The van der Waals surface area contributed by atoms with Crippen LogP contribution in [-0.4, -0.2) is 20.3 Å². The normalized spacial score (nSPS) is 23.8. The molecule has 2 aromatic rings. The van der Waals surface area contributed by atoms with Crippen molar-refractivity contribution in [3.63, 3.8) is 0 Å². The molecule has 2 aliphatic rings. The van der Waals surface area contributed by atoms with Crippen LogP contribution in [0.3, 0.4) is 0 Å². The predicted octanol–water partition coefficient (Wildman–Crippen LogP) is 3.44. The average Bonchev–Trinajstić information content (AvgIpc) is 2.96. The number of para-hydroxylation sites is 1. The van der Waals surface area contributed by atoms with Crippen LogP contribution in [0.15, 0.2) is 36.4 Å². The predicted molar refractivity (Wildman–Crippen MR) is 88.2 cm³/mol. The van der Waals surface area contributed by atoms with E-state index in [1.54, 1.807) is 14.2 Å². The second-order valence-corrected chi connectivity index (χ2v) is 6.08. The maximum Gasteiger partial charge on any atom is 0.161 e. The van der Waals surface area contributed by atoms with Crippen molar-refractivity contribution in [3.8, 4) is 17.6 Å². The summed E-state index contributed by atoms with van der Waals surface area (Å²) in [5.74, 6) is 1.53. The van der Waals surface area contributed by atoms with Crippen LogP contribution < -0.4 is 14.8 Å². The maximum absolute atomic E-state index is 9.79. The lowest BCUT2D eigenvalue weighted by Gasteiger charge is -2.33. The Morgan fingerprint density at radius 1 is 1.09 bits per heavy atom. The number of fused-ring (bicyclic) bond motifs is 4. The van der Waals surface area contributed by atoms with Crippen molar-refractivity contribution >= 4 is 5.69 Å². The van der Waals surface area contributed by atoms with E-state index in [4.69, 9.17) is 9.47 Å². The lowest BCUT2D eigenvalue weighted by Crippen LogP contribution is -2.33. The summed E-state index contributed by atoms with van der Waals surface area (Å²) in [5.41, 5.74) is 4.67. The third-order valence-corrected chi connectivity index (χ3v) is 5.03. The van der Waals surface area contributed by atoms with Crippen LogP contribution in [0.2, 0.25) is 0 Å². The summed E-state index contributed by atoms with van der Waals surface area (Å²) in [4.78, 5) is 0. The molecule has 1 N–H and O–H groups in total. The van der Waals surface area contributed by atoms with Crippen molar-refractivity contribution in [2.24, 2.45) is 0 Å². The van der Waals surface area contributed by atoms with Crippen LogP contribution >= 0.6 is 0 Å². The number of anilines is 1. The maximum atomic E-state index is 9.79. The zero-order valence-electron chi connectivity index (χ0n) is 13.2. The van der Waals surface area contributed by atoms with Gasteiger partial charge in [0.1, 0.15) is 0 Å². The highest BCUT2D eigenvalue weighted by molar-refractivity contribution is 5.64. The molecule has 4 rings (SSSR count). The third kappa shape index (κ3) is 1.97. The molecule has 0 bridgehead atoms. The number of nitrogens with one attached hydrogen (secondary N) is 1. The molecule has 0 radical (unpaired) electrons. The van der Waals surface area contributed by atoms with E-state index < -0.39 is 0 Å². The van der Waals surface area contributed by atoms with E-state index in [2.05, 4.69) is 29.6 Å². The van der Waals surface area contributed by atoms with Crippen LogP contribution in [0.1, 0.15) is 28.5 Å². The smallest absolute Gasteiger partial charge is 0.161 e. The average molecular weight is 306 g/mol. The fraction of sp³-hybridized carbons (Fsp3) is 0.316. The fourth-order valence-electron chi connectivity index (χ4n) is 3.96. The van der Waals surface area contributed by atoms with Gasteiger partial charge in [0.15, 0.2) is 11.5 Å². The Kier molecular flexibility index (Phi) is 3.16. The number of benzene rings is 2. The van der Waals surface area contributed by atoms with Gasteiger partial charge in [-0.1, -0.05) is 18.2 Å². The van der Waals surface area contributed by atoms with Gasteiger partial charge in [0.25, 0.3) is 0 Å². The second-order valence-electron chi connectivity index (χ2n) is 6.08. The third-order valence-electron chi connectivity index (χ3n) is 5.03. The first kappa shape index (κ1) is 14.0. The number of methoxy groups -OCH3 is 2. The molecule has 2 aromatic carbocycles. The van der Waals surface area contributed by atoms with E-state index in [1.807, 2.05) is 18.2 Å². The minimum absolute atomic E-state index is 0.114. The quantitative estimate of drug-likeness (QED) is 0.923. The van der Waals surface area contributed by atoms with Crippen LogP contribution in [-0.2, 0) is 6.42 Å². The summed E-state index contributed by atoms with van der Waals surface area (Å²) >= 11 is 0. The molecule has 116 valence electrons. The van der Waals surface area contributed by atoms with Crippen LogP contribution in [0, 0.1) is 11.3 Å². The molecule has 4 heteroatoms. The Balaban J connectivity index is 1.85. The highest BCUT2D eigenvalue weighted by atomic mass is 16.5. The van der Waals surface area contributed by atoms with E-state index in [9.17, 15) is 5.26 Å². The van der Waals surface area contributed by atoms with Crippen molar-refractivity contribution in [1.82, 2.24) is 0 Å². The first-order chi connectivity index (χ1) is 11.3. The van der Waals surface area contributed by atoms with Gasteiger partial charge in [-0.3, -0.25) is 0 Å². The molecular formula is C19H18N2O2. The van der Waals surface area contributed by atoms with Gasteiger partial charge in [-0.25, -0.2) is 0 Å². The molecule has 4 nitrogen and oxygen atoms in total. The van der Waals surface area contributed by atoms with E-state index in [0.717, 1.165) is 23.4 Å². The molecule has 0 aromatic heterocycles. The second kappa shape index (κ2) is 5.20. The first-order valence-electron chi connectivity index (χ1n) is 7.76. The molecule has 3 unspecified atom stereocenters. The number of rotatable bonds is 2. The number of hydrogen-bond donors (Lipinski definition) is 1. The lowest BCUT2D eigenvalue weighted by atomic mass is 9.73. The van der Waals surface area contributed by atoms with Gasteiger partial charge >= 0.3 is 0 Å². The van der Waals surface area contributed by atoms with Crippen molar-refractivity contribution < 1.29 is 9.47 Å². The largest absolute Gasteiger partial charge is 0.493 e. The number of hydrogen-bond acceptors (Lipinski definition) is 4. The van der Waals surface area contributed by atoms with Gasteiger partial charge < -0.3 is 14.8 Å². The standard InChI is InChI=1S/C19H18N2O2/c1-22-17-8-11-7-14-12-5-3-4-6-16(12)21-19(14)15(10-20)13(11)9-18(17)23-2/h3-6,8-9,14-15,19,21H,7H2,1-2H3. The van der Waals surface area contributed by atoms with Gasteiger partial charge in [-0.2, -0.15) is 5.26 Å². The highest BCUT2D eigenvalue weighted by Crippen LogP contribution is 2.49. The molecule has 23 heavy (non-hydrogen) atoms. The lowest BCUT2D eigenvalue weighted by molar-refractivity contribution is 0.352. The molecule has 0 fully saturated rings. The molecular weight excluding hydrogens is 288 g/mol. The van der Waals surface area contributed by atoms with Gasteiger partial charge in [0, 0.05) is 11.6 Å². The Bertz CT molecular complexity index is 810. The topological polar surface area (TPSA) is 54.3 Å². The van der Waals surface area contributed by atoms with Crippen molar-refractivity contribution in [2.75, 3.05) is 19.5 Å². The van der Waals surface area contributed by atoms with E-state index >= 15 is 0 Å². The molecule has 1 aliphatic heterocycles. The molecule has 1 heterocycles. The van der Waals surface area contributed by atoms with Crippen LogP contribution in [0.25, 0.3) is 0 Å². The summed E-state index contributed by atoms with van der Waals surface area (Å²) in [6, 6.07) is 14.9. The van der Waals surface area contributed by atoms with E-state index in [0.29, 0.717) is 11.7 Å². The SMILES string of the molecule is COc1cc2c(cc1OC)C(C#N)C1Nc3ccccc3C1C2. The van der Waals surface area contributed by atoms with Crippen molar-refractivity contribution in [2.45, 2.75) is 24.3 Å². The summed E-state index contributed by atoms with van der Waals surface area (Å²) in [6.07, 6.45) is 0.905. The summed E-state index contributed by atoms with van der Waals surface area (Å²) in [7, 11) is 3.27. The Morgan fingerprint density at radius 3 is 2.57 bits per heavy atom. The Hall–Kier alpha value is -2.67. The zero-order valence-corrected chi connectivity index (χ0v) is 13.2. The first-order valence-corrected chi connectivity index (χ1v) is 7.76. The Morgan fingerprint density at radius 2 is 1.83 bits per heavy atom. The number of ether oxygens (including phenoxy) is 2. The van der Waals surface area contributed by atoms with Gasteiger partial charge in [-0.15, -0.1) is 0 Å². The molecule has 0 spiro atoms. The minimum Gasteiger partial charge on any atom is -0.493 e. The number of nitriles is 1. The van der Waals surface area contributed by atoms with E-state index in [-0.39, 0.29) is 12.0 Å². The number of nitrogens with zero attached hydrogens (tertiary/aromatic N) is 1. The van der Waals surface area contributed by atoms with Crippen molar-refractivity contribution in [1.29, 1.82) is 5.26 Å². The molecule has 0 amide bonds. The van der Waals surface area contributed by atoms with Gasteiger partial charge in [0.2, 0.25) is 0 Å². The summed E-state index contributed by atoms with van der Waals surface area (Å²) in [5, 5.41) is 13.3. The zero-order chi connectivity index (χ0) is 16.0. The fourth-order valence-corrected chi connectivity index (χ4v) is 3.96. The summed E-state index contributed by atoms with van der Waals surface area (Å²) in [6.45, 7) is 0. The molecule has 0 saturated carbocycles.